The summed E-state index contributed by atoms with van der Waals surface area (Å²) in [5, 5.41) is 0. The van der Waals surface area contributed by atoms with Crippen molar-refractivity contribution in [1.82, 2.24) is 0 Å². The number of rotatable bonds is 2. The number of hydrogen-bond acceptors (Lipinski definition) is 1. The smallest absolute Gasteiger partial charge is 0.288 e. The first-order valence-electron chi connectivity index (χ1n) is 5.88. The molecule has 0 unspecified atom stereocenters. The highest BCUT2D eigenvalue weighted by Crippen LogP contribution is 2.32. The molecule has 6 heteroatoms. The van der Waals surface area contributed by atoms with Crippen LogP contribution in [0, 0.1) is 18.6 Å². The van der Waals surface area contributed by atoms with Crippen LogP contribution in [0.15, 0.2) is 36.4 Å². The number of hydrogen-bond donors (Lipinski definition) is 0. The first kappa shape index (κ1) is 15.2. The van der Waals surface area contributed by atoms with Gasteiger partial charge in [-0.15, -0.1) is 0 Å². The van der Waals surface area contributed by atoms with Crippen LogP contribution >= 0.6 is 0 Å². The van der Waals surface area contributed by atoms with Gasteiger partial charge in [-0.25, -0.2) is 8.78 Å². The van der Waals surface area contributed by atoms with Gasteiger partial charge in [0.15, 0.2) is 5.78 Å². The molecule has 0 amide bonds. The fourth-order valence-corrected chi connectivity index (χ4v) is 1.85. The number of alkyl halides is 3. The van der Waals surface area contributed by atoms with Crippen molar-refractivity contribution in [2.45, 2.75) is 13.1 Å². The molecule has 0 fully saturated rings. The number of carbonyl (C=O) groups is 1. The molecule has 0 spiro atoms. The third-order valence-electron chi connectivity index (χ3n) is 2.90. The molecule has 2 aromatic rings. The van der Waals surface area contributed by atoms with Crippen molar-refractivity contribution in [3.8, 4) is 0 Å². The highest BCUT2D eigenvalue weighted by molar-refractivity contribution is 6.09. The number of benzene rings is 2. The second-order valence-electron chi connectivity index (χ2n) is 4.50. The fraction of sp³-hybridized carbons (Fsp3) is 0.133. The Bertz CT molecular complexity index is 704. The zero-order valence-electron chi connectivity index (χ0n) is 10.8. The van der Waals surface area contributed by atoms with Gasteiger partial charge in [-0.2, -0.15) is 13.2 Å². The summed E-state index contributed by atoms with van der Waals surface area (Å²) in [6.45, 7) is 1.61. The SMILES string of the molecule is Cc1ccc(F)c(C(=O)c2ccc(F)c(C(F)(F)F)c2)c1. The molecule has 2 aromatic carbocycles. The molecule has 110 valence electrons. The summed E-state index contributed by atoms with van der Waals surface area (Å²) < 4.78 is 64.6. The van der Waals surface area contributed by atoms with Gasteiger partial charge >= 0.3 is 6.18 Å². The maximum absolute atomic E-state index is 13.6. The Morgan fingerprint density at radius 2 is 1.57 bits per heavy atom. The number of aryl methyl sites for hydroxylation is 1. The molecule has 0 aliphatic heterocycles. The van der Waals surface area contributed by atoms with E-state index in [1.54, 1.807) is 6.92 Å². The number of ketones is 1. The van der Waals surface area contributed by atoms with E-state index < -0.39 is 34.7 Å². The van der Waals surface area contributed by atoms with E-state index >= 15 is 0 Å². The van der Waals surface area contributed by atoms with E-state index in [2.05, 4.69) is 0 Å². The van der Waals surface area contributed by atoms with Crippen LogP contribution in [0.3, 0.4) is 0 Å². The van der Waals surface area contributed by atoms with Gasteiger partial charge in [0.05, 0.1) is 11.1 Å². The average molecular weight is 300 g/mol. The van der Waals surface area contributed by atoms with E-state index in [-0.39, 0.29) is 5.56 Å². The normalized spacial score (nSPS) is 11.5. The Kier molecular flexibility index (Phi) is 3.80. The molecule has 0 saturated heterocycles. The van der Waals surface area contributed by atoms with Crippen LogP contribution in [0.1, 0.15) is 27.0 Å². The molecule has 0 aliphatic carbocycles. The van der Waals surface area contributed by atoms with Gasteiger partial charge in [-0.1, -0.05) is 11.6 Å². The Morgan fingerprint density at radius 1 is 0.952 bits per heavy atom. The van der Waals surface area contributed by atoms with Crippen LogP contribution in [-0.2, 0) is 6.18 Å². The monoisotopic (exact) mass is 300 g/mol. The summed E-state index contributed by atoms with van der Waals surface area (Å²) >= 11 is 0. The summed E-state index contributed by atoms with van der Waals surface area (Å²) in [4.78, 5) is 12.1. The summed E-state index contributed by atoms with van der Waals surface area (Å²) in [7, 11) is 0. The van der Waals surface area contributed by atoms with Gasteiger partial charge in [-0.3, -0.25) is 4.79 Å². The Labute approximate surface area is 117 Å². The van der Waals surface area contributed by atoms with E-state index in [4.69, 9.17) is 0 Å². The molecule has 0 N–H and O–H groups in total. The van der Waals surface area contributed by atoms with Crippen molar-refractivity contribution < 1.29 is 26.7 Å². The third-order valence-corrected chi connectivity index (χ3v) is 2.90. The number of halogens is 5. The van der Waals surface area contributed by atoms with Gasteiger partial charge in [0, 0.05) is 5.56 Å². The standard InChI is InChI=1S/C15H9F5O/c1-8-2-4-12(16)10(6-8)14(21)9-3-5-13(17)11(7-9)15(18,19)20/h2-7H,1H3. The van der Waals surface area contributed by atoms with Gasteiger partial charge in [0.1, 0.15) is 11.6 Å². The average Bonchev–Trinajstić information content (AvgIpc) is 2.40. The first-order valence-corrected chi connectivity index (χ1v) is 5.88. The van der Waals surface area contributed by atoms with Crippen LogP contribution < -0.4 is 0 Å². The Balaban J connectivity index is 2.52. The lowest BCUT2D eigenvalue weighted by atomic mass is 9.99. The Hall–Kier alpha value is -2.24. The molecule has 0 atom stereocenters. The van der Waals surface area contributed by atoms with Crippen molar-refractivity contribution >= 4 is 5.78 Å². The predicted octanol–water partition coefficient (Wildman–Crippen LogP) is 4.52. The summed E-state index contributed by atoms with van der Waals surface area (Å²) in [5.41, 5.74) is -1.75. The molecule has 0 radical (unpaired) electrons. The maximum Gasteiger partial charge on any atom is 0.419 e. The maximum atomic E-state index is 13.6. The van der Waals surface area contributed by atoms with Crippen molar-refractivity contribution in [1.29, 1.82) is 0 Å². The molecular weight excluding hydrogens is 291 g/mol. The van der Waals surface area contributed by atoms with Gasteiger partial charge in [0.2, 0.25) is 0 Å². The van der Waals surface area contributed by atoms with E-state index in [1.807, 2.05) is 0 Å². The van der Waals surface area contributed by atoms with Crippen LogP contribution in [0.2, 0.25) is 0 Å². The van der Waals surface area contributed by atoms with Crippen LogP contribution in [0.25, 0.3) is 0 Å². The van der Waals surface area contributed by atoms with Crippen molar-refractivity contribution in [3.63, 3.8) is 0 Å². The van der Waals surface area contributed by atoms with E-state index in [0.29, 0.717) is 17.7 Å². The molecular formula is C15H9F5O. The summed E-state index contributed by atoms with van der Waals surface area (Å²) in [6.07, 6.45) is -4.93. The highest BCUT2D eigenvalue weighted by Gasteiger charge is 2.34. The molecule has 0 aliphatic rings. The third kappa shape index (κ3) is 3.09. The molecule has 1 nitrogen and oxygen atoms in total. The second kappa shape index (κ2) is 5.27. The zero-order chi connectivity index (χ0) is 15.8. The van der Waals surface area contributed by atoms with Crippen molar-refractivity contribution in [2.75, 3.05) is 0 Å². The second-order valence-corrected chi connectivity index (χ2v) is 4.50. The predicted molar refractivity (Wildman–Crippen MR) is 66.0 cm³/mol. The van der Waals surface area contributed by atoms with Crippen LogP contribution in [-0.4, -0.2) is 5.78 Å². The minimum atomic E-state index is -4.93. The van der Waals surface area contributed by atoms with E-state index in [1.165, 1.54) is 12.1 Å². The lowest BCUT2D eigenvalue weighted by Gasteiger charge is -2.10. The van der Waals surface area contributed by atoms with Gasteiger partial charge in [0.25, 0.3) is 0 Å². The fourth-order valence-electron chi connectivity index (χ4n) is 1.85. The van der Waals surface area contributed by atoms with Crippen molar-refractivity contribution in [2.24, 2.45) is 0 Å². The van der Waals surface area contributed by atoms with E-state index in [9.17, 15) is 26.7 Å². The molecule has 0 aromatic heterocycles. The summed E-state index contributed by atoms with van der Waals surface area (Å²) in [6, 6.07) is 5.54. The Morgan fingerprint density at radius 3 is 2.19 bits per heavy atom. The summed E-state index contributed by atoms with van der Waals surface area (Å²) in [5.74, 6) is -3.26. The van der Waals surface area contributed by atoms with Crippen molar-refractivity contribution in [3.05, 3.63) is 70.3 Å². The first-order chi connectivity index (χ1) is 9.70. The molecule has 21 heavy (non-hydrogen) atoms. The molecule has 0 heterocycles. The molecule has 0 bridgehead atoms. The van der Waals surface area contributed by atoms with Gasteiger partial charge in [-0.05, 0) is 37.3 Å². The topological polar surface area (TPSA) is 17.1 Å². The minimum absolute atomic E-state index is 0.352. The number of carbonyl (C=O) groups excluding carboxylic acids is 1. The zero-order valence-corrected chi connectivity index (χ0v) is 10.8. The lowest BCUT2D eigenvalue weighted by Crippen LogP contribution is -2.11. The lowest BCUT2D eigenvalue weighted by molar-refractivity contribution is -0.140. The minimum Gasteiger partial charge on any atom is -0.288 e. The molecule has 2 rings (SSSR count). The quantitative estimate of drug-likeness (QED) is 0.588. The van der Waals surface area contributed by atoms with Crippen LogP contribution in [0.5, 0.6) is 0 Å². The van der Waals surface area contributed by atoms with Crippen LogP contribution in [0.4, 0.5) is 22.0 Å². The van der Waals surface area contributed by atoms with E-state index in [0.717, 1.165) is 12.1 Å². The molecule has 0 saturated carbocycles. The van der Waals surface area contributed by atoms with Gasteiger partial charge < -0.3 is 0 Å². The highest BCUT2D eigenvalue weighted by atomic mass is 19.4. The largest absolute Gasteiger partial charge is 0.419 e.